The Kier molecular flexibility index (Phi) is 5.04. The average Bonchev–Trinajstić information content (AvgIpc) is 3.45. The van der Waals surface area contributed by atoms with E-state index in [4.69, 9.17) is 5.10 Å². The number of aromatic nitrogens is 2. The highest BCUT2D eigenvalue weighted by Gasteiger charge is 2.33. The van der Waals surface area contributed by atoms with Crippen LogP contribution in [0, 0.1) is 0 Å². The number of carbonyl (C=O) groups is 2. The Morgan fingerprint density at radius 2 is 1.09 bits per heavy atom. The highest BCUT2D eigenvalue weighted by Crippen LogP contribution is 2.32. The summed E-state index contributed by atoms with van der Waals surface area (Å²) in [6.45, 7) is 0. The largest absolute Gasteiger partial charge is 0.288 e. The van der Waals surface area contributed by atoms with Crippen molar-refractivity contribution in [1.82, 2.24) is 9.78 Å². The molecule has 1 aliphatic carbocycles. The maximum Gasteiger partial charge on any atom is 0.197 e. The van der Waals surface area contributed by atoms with Gasteiger partial charge in [0, 0.05) is 28.5 Å². The topological polar surface area (TPSA) is 52.0 Å². The van der Waals surface area contributed by atoms with Crippen LogP contribution < -0.4 is 0 Å². The minimum atomic E-state index is -0.247. The van der Waals surface area contributed by atoms with E-state index in [1.807, 2.05) is 66.9 Å². The lowest BCUT2D eigenvalue weighted by Crippen LogP contribution is -2.00. The molecule has 1 aromatic heterocycles. The number of rotatable bonds is 4. The van der Waals surface area contributed by atoms with Crippen molar-refractivity contribution in [2.75, 3.05) is 0 Å². The van der Waals surface area contributed by atoms with Crippen molar-refractivity contribution < 1.29 is 9.59 Å². The van der Waals surface area contributed by atoms with Gasteiger partial charge in [-0.15, -0.1) is 0 Å². The molecule has 6 rings (SSSR count). The van der Waals surface area contributed by atoms with E-state index in [1.54, 1.807) is 35.0 Å². The Morgan fingerprint density at radius 1 is 0.571 bits per heavy atom. The molecular weight excluding hydrogens is 432 g/mol. The molecule has 4 nitrogen and oxygen atoms in total. The zero-order valence-corrected chi connectivity index (χ0v) is 18.8. The average molecular weight is 453 g/mol. The minimum absolute atomic E-state index is 0.168. The summed E-state index contributed by atoms with van der Waals surface area (Å²) in [4.78, 5) is 26.0. The predicted molar refractivity (Wildman–Crippen MR) is 138 cm³/mol. The van der Waals surface area contributed by atoms with Crippen LogP contribution >= 0.6 is 0 Å². The lowest BCUT2D eigenvalue weighted by Gasteiger charge is -2.04. The van der Waals surface area contributed by atoms with Gasteiger partial charge in [0.2, 0.25) is 0 Å². The maximum absolute atomic E-state index is 13.0. The van der Waals surface area contributed by atoms with Gasteiger partial charge in [-0.1, -0.05) is 97.1 Å². The van der Waals surface area contributed by atoms with Crippen LogP contribution in [0.15, 0.2) is 121 Å². The number of Topliss-reactive ketones (excluding diaryl/α,β-unsaturated/α-hetero) is 2. The molecule has 4 heteroatoms. The Hall–Kier alpha value is -4.83. The van der Waals surface area contributed by atoms with Crippen molar-refractivity contribution in [3.8, 4) is 28.1 Å². The Morgan fingerprint density at radius 3 is 1.71 bits per heavy atom. The number of hydrogen-bond acceptors (Lipinski definition) is 3. The summed E-state index contributed by atoms with van der Waals surface area (Å²) in [7, 11) is 0. The van der Waals surface area contributed by atoms with Crippen LogP contribution in [0.3, 0.4) is 0 Å². The highest BCUT2D eigenvalue weighted by molar-refractivity contribution is 6.41. The third-order valence-corrected chi connectivity index (χ3v) is 6.23. The van der Waals surface area contributed by atoms with Crippen molar-refractivity contribution in [2.45, 2.75) is 0 Å². The molecule has 0 amide bonds. The number of hydrogen-bond donors (Lipinski definition) is 0. The van der Waals surface area contributed by atoms with E-state index in [1.165, 1.54) is 0 Å². The van der Waals surface area contributed by atoms with Crippen LogP contribution in [-0.4, -0.2) is 21.3 Å². The van der Waals surface area contributed by atoms with Crippen LogP contribution in [0.5, 0.6) is 0 Å². The summed E-state index contributed by atoms with van der Waals surface area (Å²) in [5.74, 6) is -0.494. The van der Waals surface area contributed by atoms with E-state index in [2.05, 4.69) is 24.3 Å². The molecule has 0 fully saturated rings. The van der Waals surface area contributed by atoms with Gasteiger partial charge in [0.25, 0.3) is 0 Å². The van der Waals surface area contributed by atoms with E-state index in [0.717, 1.165) is 22.4 Å². The van der Waals surface area contributed by atoms with Crippen molar-refractivity contribution in [3.05, 3.63) is 138 Å². The quantitative estimate of drug-likeness (QED) is 0.226. The van der Waals surface area contributed by atoms with Crippen LogP contribution in [0.2, 0.25) is 0 Å². The molecule has 5 aromatic rings. The molecule has 0 atom stereocenters. The lowest BCUT2D eigenvalue weighted by atomic mass is 10.0. The van der Waals surface area contributed by atoms with Gasteiger partial charge in [-0.2, -0.15) is 5.10 Å². The Bertz CT molecular complexity index is 1560. The molecule has 4 aromatic carbocycles. The van der Waals surface area contributed by atoms with Crippen LogP contribution in [0.1, 0.15) is 26.3 Å². The number of allylic oxidation sites excluding steroid dienone is 1. The standard InChI is InChI=1S/C31H20N2O2/c34-30-26-13-7-8-14-27(26)31(35)28(30)19-24-20-33(25-11-5-2-6-12-25)32-29(24)23-17-15-22(16-18-23)21-9-3-1-4-10-21/h1-20H. The number of fused-ring (bicyclic) bond motifs is 1. The molecule has 1 heterocycles. The van der Waals surface area contributed by atoms with E-state index >= 15 is 0 Å². The molecule has 0 aliphatic heterocycles. The normalized spacial score (nSPS) is 12.6. The van der Waals surface area contributed by atoms with E-state index in [9.17, 15) is 9.59 Å². The zero-order valence-electron chi connectivity index (χ0n) is 18.8. The molecule has 1 aliphatic rings. The second-order valence-electron chi connectivity index (χ2n) is 8.42. The molecule has 0 spiro atoms. The molecule has 0 saturated heterocycles. The van der Waals surface area contributed by atoms with E-state index in [-0.39, 0.29) is 17.1 Å². The molecule has 166 valence electrons. The van der Waals surface area contributed by atoms with Gasteiger partial charge >= 0.3 is 0 Å². The fourth-order valence-corrected chi connectivity index (χ4v) is 4.44. The second kappa shape index (κ2) is 8.50. The summed E-state index contributed by atoms with van der Waals surface area (Å²) >= 11 is 0. The summed E-state index contributed by atoms with van der Waals surface area (Å²) < 4.78 is 1.78. The van der Waals surface area contributed by atoms with Gasteiger partial charge in [0.15, 0.2) is 11.6 Å². The lowest BCUT2D eigenvalue weighted by molar-refractivity contribution is 0.0990. The van der Waals surface area contributed by atoms with Crippen molar-refractivity contribution in [3.63, 3.8) is 0 Å². The summed E-state index contributed by atoms with van der Waals surface area (Å²) in [5.41, 5.74) is 6.53. The second-order valence-corrected chi connectivity index (χ2v) is 8.42. The van der Waals surface area contributed by atoms with Gasteiger partial charge in [0.1, 0.15) is 0 Å². The van der Waals surface area contributed by atoms with Crippen LogP contribution in [0.25, 0.3) is 34.1 Å². The van der Waals surface area contributed by atoms with Gasteiger partial charge < -0.3 is 0 Å². The fraction of sp³-hybridized carbons (Fsp3) is 0. The van der Waals surface area contributed by atoms with Crippen molar-refractivity contribution in [1.29, 1.82) is 0 Å². The molecule has 0 unspecified atom stereocenters. The third kappa shape index (κ3) is 3.71. The molecule has 0 radical (unpaired) electrons. The van der Waals surface area contributed by atoms with Gasteiger partial charge in [0.05, 0.1) is 17.0 Å². The number of carbonyl (C=O) groups excluding carboxylic acids is 2. The third-order valence-electron chi connectivity index (χ3n) is 6.23. The first kappa shape index (κ1) is 20.8. The molecular formula is C31H20N2O2. The van der Waals surface area contributed by atoms with Crippen molar-refractivity contribution >= 4 is 17.6 Å². The monoisotopic (exact) mass is 452 g/mol. The van der Waals surface area contributed by atoms with E-state index < -0.39 is 0 Å². The minimum Gasteiger partial charge on any atom is -0.288 e. The summed E-state index contributed by atoms with van der Waals surface area (Å²) in [5, 5.41) is 4.84. The molecule has 35 heavy (non-hydrogen) atoms. The molecule has 0 N–H and O–H groups in total. The summed E-state index contributed by atoms with van der Waals surface area (Å²) in [6.07, 6.45) is 3.55. The Labute approximate surface area is 202 Å². The number of nitrogens with zero attached hydrogens (tertiary/aromatic N) is 2. The molecule has 0 bridgehead atoms. The zero-order chi connectivity index (χ0) is 23.8. The van der Waals surface area contributed by atoms with Gasteiger partial charge in [-0.05, 0) is 29.3 Å². The summed E-state index contributed by atoms with van der Waals surface area (Å²) in [6, 6.07) is 35.1. The first-order valence-corrected chi connectivity index (χ1v) is 11.4. The predicted octanol–water partition coefficient (Wildman–Crippen LogP) is 6.67. The van der Waals surface area contributed by atoms with Crippen LogP contribution in [0.4, 0.5) is 0 Å². The number of benzene rings is 4. The number of para-hydroxylation sites is 1. The van der Waals surface area contributed by atoms with Gasteiger partial charge in [-0.25, -0.2) is 4.68 Å². The van der Waals surface area contributed by atoms with Crippen molar-refractivity contribution in [2.24, 2.45) is 0 Å². The number of ketones is 2. The first-order valence-electron chi connectivity index (χ1n) is 11.4. The SMILES string of the molecule is O=C1C(=Cc2cn(-c3ccccc3)nc2-c2ccc(-c3ccccc3)cc2)C(=O)c2ccccc21. The Balaban J connectivity index is 1.46. The fourth-order valence-electron chi connectivity index (χ4n) is 4.44. The van der Waals surface area contributed by atoms with E-state index in [0.29, 0.717) is 22.4 Å². The van der Waals surface area contributed by atoms with Gasteiger partial charge in [-0.3, -0.25) is 9.59 Å². The highest BCUT2D eigenvalue weighted by atomic mass is 16.2. The smallest absolute Gasteiger partial charge is 0.197 e. The first-order chi connectivity index (χ1) is 17.2. The van der Waals surface area contributed by atoms with Crippen LogP contribution in [-0.2, 0) is 0 Å². The maximum atomic E-state index is 13.0. The molecule has 0 saturated carbocycles.